The van der Waals surface area contributed by atoms with Crippen molar-refractivity contribution in [2.45, 2.75) is 0 Å². The number of rotatable bonds is 5. The summed E-state index contributed by atoms with van der Waals surface area (Å²) in [6, 6.07) is 0. The van der Waals surface area contributed by atoms with Crippen LogP contribution >= 0.6 is 0 Å². The number of piperazine rings is 1. The molecule has 1 aromatic rings. The molecule has 0 radical (unpaired) electrons. The fourth-order valence-corrected chi connectivity index (χ4v) is 2.10. The van der Waals surface area contributed by atoms with E-state index >= 15 is 0 Å². The first-order chi connectivity index (χ1) is 9.26. The van der Waals surface area contributed by atoms with Crippen molar-refractivity contribution < 1.29 is 4.39 Å². The van der Waals surface area contributed by atoms with E-state index in [0.29, 0.717) is 11.4 Å². The number of alkyl halides is 1. The second-order valence-electron chi connectivity index (χ2n) is 4.51. The summed E-state index contributed by atoms with van der Waals surface area (Å²) in [6.07, 6.45) is 2.69. The molecule has 6 nitrogen and oxygen atoms in total. The Morgan fingerprint density at radius 1 is 1.37 bits per heavy atom. The van der Waals surface area contributed by atoms with Crippen LogP contribution in [0.2, 0.25) is 0 Å². The molecule has 0 spiro atoms. The van der Waals surface area contributed by atoms with Crippen LogP contribution in [0, 0.1) is 5.41 Å². The highest BCUT2D eigenvalue weighted by molar-refractivity contribution is 5.90. The normalized spacial score (nSPS) is 16.4. The molecule has 1 fully saturated rings. The number of likely N-dealkylation sites (N-methyl/N-ethyl adjacent to an activating group) is 1. The molecule has 2 rings (SSSR count). The Labute approximate surface area is 112 Å². The van der Waals surface area contributed by atoms with Crippen LogP contribution in [0.5, 0.6) is 0 Å². The first-order valence-electron chi connectivity index (χ1n) is 6.35. The highest BCUT2D eigenvalue weighted by Gasteiger charge is 2.19. The molecule has 2 N–H and O–H groups in total. The number of nitrogens with one attached hydrogen (secondary N) is 2. The standard InChI is InChI=1S/C12H19FN6/c1-18-4-6-19(7-5-18)12-10(8-14)11(15-3-2-13)16-9-17-12/h8-9,14H,2-7H2,1H3,(H,15,16,17). The zero-order valence-corrected chi connectivity index (χ0v) is 11.1. The lowest BCUT2D eigenvalue weighted by Crippen LogP contribution is -2.45. The predicted molar refractivity (Wildman–Crippen MR) is 74.1 cm³/mol. The van der Waals surface area contributed by atoms with E-state index in [1.807, 2.05) is 0 Å². The maximum atomic E-state index is 12.2. The first-order valence-corrected chi connectivity index (χ1v) is 6.35. The molecule has 0 aromatic carbocycles. The Kier molecular flexibility index (Phi) is 4.62. The smallest absolute Gasteiger partial charge is 0.143 e. The molecular formula is C12H19FN6. The van der Waals surface area contributed by atoms with E-state index in [1.165, 1.54) is 12.5 Å². The van der Waals surface area contributed by atoms with E-state index in [0.717, 1.165) is 32.0 Å². The third-order valence-corrected chi connectivity index (χ3v) is 3.20. The summed E-state index contributed by atoms with van der Waals surface area (Å²) in [7, 11) is 2.09. The minimum absolute atomic E-state index is 0.194. The predicted octanol–water partition coefficient (Wildman–Crippen LogP) is 0.607. The van der Waals surface area contributed by atoms with Gasteiger partial charge in [0.15, 0.2) is 0 Å². The molecule has 104 valence electrons. The Morgan fingerprint density at radius 2 is 2.11 bits per heavy atom. The highest BCUT2D eigenvalue weighted by Crippen LogP contribution is 2.22. The number of halogens is 1. The maximum absolute atomic E-state index is 12.2. The minimum Gasteiger partial charge on any atom is -0.367 e. The van der Waals surface area contributed by atoms with Crippen molar-refractivity contribution in [3.05, 3.63) is 11.9 Å². The number of anilines is 2. The van der Waals surface area contributed by atoms with Gasteiger partial charge in [-0.3, -0.25) is 0 Å². The van der Waals surface area contributed by atoms with Crippen molar-refractivity contribution >= 4 is 17.9 Å². The molecule has 7 heteroatoms. The molecule has 0 aliphatic carbocycles. The van der Waals surface area contributed by atoms with Gasteiger partial charge in [0.2, 0.25) is 0 Å². The average molecular weight is 266 g/mol. The SMILES string of the molecule is CN1CCN(c2ncnc(NCCF)c2C=N)CC1. The van der Waals surface area contributed by atoms with Gasteiger partial charge in [-0.05, 0) is 7.05 Å². The number of aromatic nitrogens is 2. The summed E-state index contributed by atoms with van der Waals surface area (Å²) >= 11 is 0. The van der Waals surface area contributed by atoms with E-state index in [-0.39, 0.29) is 6.54 Å². The zero-order chi connectivity index (χ0) is 13.7. The van der Waals surface area contributed by atoms with Gasteiger partial charge in [-0.15, -0.1) is 0 Å². The summed E-state index contributed by atoms with van der Waals surface area (Å²) in [5.41, 5.74) is 0.625. The Balaban J connectivity index is 2.21. The van der Waals surface area contributed by atoms with Crippen LogP contribution in [-0.2, 0) is 0 Å². The second-order valence-corrected chi connectivity index (χ2v) is 4.51. The van der Waals surface area contributed by atoms with Crippen LogP contribution in [0.15, 0.2) is 6.33 Å². The molecule has 1 aliphatic heterocycles. The maximum Gasteiger partial charge on any atom is 0.143 e. The molecule has 0 amide bonds. The molecule has 0 saturated carbocycles. The molecule has 0 bridgehead atoms. The molecular weight excluding hydrogens is 247 g/mol. The zero-order valence-electron chi connectivity index (χ0n) is 11.1. The summed E-state index contributed by atoms with van der Waals surface area (Å²) in [6.45, 7) is 3.41. The van der Waals surface area contributed by atoms with Crippen LogP contribution in [0.25, 0.3) is 0 Å². The quantitative estimate of drug-likeness (QED) is 0.764. The molecule has 1 saturated heterocycles. The van der Waals surface area contributed by atoms with Crippen LogP contribution in [0.3, 0.4) is 0 Å². The van der Waals surface area contributed by atoms with Crippen molar-refractivity contribution in [1.82, 2.24) is 14.9 Å². The Bertz CT molecular complexity index is 430. The van der Waals surface area contributed by atoms with Gasteiger partial charge < -0.3 is 20.5 Å². The summed E-state index contributed by atoms with van der Waals surface area (Å²) in [5, 5.41) is 10.4. The topological polar surface area (TPSA) is 68.1 Å². The summed E-state index contributed by atoms with van der Waals surface area (Å²) < 4.78 is 12.2. The lowest BCUT2D eigenvalue weighted by atomic mass is 10.2. The van der Waals surface area contributed by atoms with Gasteiger partial charge in [0.1, 0.15) is 24.6 Å². The summed E-state index contributed by atoms with van der Waals surface area (Å²) in [5.74, 6) is 1.27. The van der Waals surface area contributed by atoms with Gasteiger partial charge in [-0.1, -0.05) is 0 Å². The van der Waals surface area contributed by atoms with Crippen molar-refractivity contribution in [3.8, 4) is 0 Å². The second kappa shape index (κ2) is 6.42. The Morgan fingerprint density at radius 3 is 2.74 bits per heavy atom. The van der Waals surface area contributed by atoms with E-state index in [1.54, 1.807) is 0 Å². The molecule has 2 heterocycles. The fourth-order valence-electron chi connectivity index (χ4n) is 2.10. The van der Waals surface area contributed by atoms with Gasteiger partial charge in [0.05, 0.1) is 5.56 Å². The first kappa shape index (κ1) is 13.7. The molecule has 0 unspecified atom stereocenters. The monoisotopic (exact) mass is 266 g/mol. The van der Waals surface area contributed by atoms with Crippen LogP contribution in [0.1, 0.15) is 5.56 Å². The minimum atomic E-state index is -0.467. The highest BCUT2D eigenvalue weighted by atomic mass is 19.1. The lowest BCUT2D eigenvalue weighted by molar-refractivity contribution is 0.312. The van der Waals surface area contributed by atoms with Gasteiger partial charge in [-0.25, -0.2) is 14.4 Å². The molecule has 0 atom stereocenters. The fraction of sp³-hybridized carbons (Fsp3) is 0.583. The molecule has 19 heavy (non-hydrogen) atoms. The van der Waals surface area contributed by atoms with Gasteiger partial charge >= 0.3 is 0 Å². The summed E-state index contributed by atoms with van der Waals surface area (Å²) in [4.78, 5) is 12.8. The van der Waals surface area contributed by atoms with Crippen LogP contribution < -0.4 is 10.2 Å². The van der Waals surface area contributed by atoms with Crippen molar-refractivity contribution in [2.75, 3.05) is 56.7 Å². The third-order valence-electron chi connectivity index (χ3n) is 3.20. The van der Waals surface area contributed by atoms with Crippen LogP contribution in [0.4, 0.5) is 16.0 Å². The van der Waals surface area contributed by atoms with E-state index < -0.39 is 6.67 Å². The number of hydrogen-bond donors (Lipinski definition) is 2. The van der Waals surface area contributed by atoms with Crippen molar-refractivity contribution in [2.24, 2.45) is 0 Å². The van der Waals surface area contributed by atoms with Crippen molar-refractivity contribution in [3.63, 3.8) is 0 Å². The van der Waals surface area contributed by atoms with Crippen LogP contribution in [-0.4, -0.2) is 67.5 Å². The molecule has 1 aliphatic rings. The molecule has 1 aromatic heterocycles. The van der Waals surface area contributed by atoms with Crippen molar-refractivity contribution in [1.29, 1.82) is 5.41 Å². The third kappa shape index (κ3) is 3.17. The Hall–Kier alpha value is -1.76. The van der Waals surface area contributed by atoms with Gasteiger partial charge in [0, 0.05) is 38.9 Å². The lowest BCUT2D eigenvalue weighted by Gasteiger charge is -2.34. The average Bonchev–Trinajstić information content (AvgIpc) is 2.45. The number of hydrogen-bond acceptors (Lipinski definition) is 6. The van der Waals surface area contributed by atoms with Gasteiger partial charge in [-0.2, -0.15) is 0 Å². The largest absolute Gasteiger partial charge is 0.367 e. The number of nitrogens with zero attached hydrogens (tertiary/aromatic N) is 4. The van der Waals surface area contributed by atoms with E-state index in [9.17, 15) is 4.39 Å². The van der Waals surface area contributed by atoms with Gasteiger partial charge in [0.25, 0.3) is 0 Å². The van der Waals surface area contributed by atoms with E-state index in [4.69, 9.17) is 5.41 Å². The van der Waals surface area contributed by atoms with E-state index in [2.05, 4.69) is 32.1 Å².